The van der Waals surface area contributed by atoms with Gasteiger partial charge in [-0.05, 0) is 18.2 Å². The summed E-state index contributed by atoms with van der Waals surface area (Å²) in [5.41, 5.74) is 1.71. The van der Waals surface area contributed by atoms with Gasteiger partial charge in [-0.15, -0.1) is 0 Å². The van der Waals surface area contributed by atoms with Gasteiger partial charge in [-0.3, -0.25) is 4.68 Å². The molecule has 2 rings (SSSR count). The third-order valence-electron chi connectivity index (χ3n) is 2.46. The Hall–Kier alpha value is -2.11. The number of halogens is 2. The molecule has 0 aliphatic rings. The summed E-state index contributed by atoms with van der Waals surface area (Å²) in [6.07, 6.45) is 1.70. The predicted octanol–water partition coefficient (Wildman–Crippen LogP) is 2.63. The number of ether oxygens (including phenoxy) is 1. The van der Waals surface area contributed by atoms with Gasteiger partial charge in [-0.25, -0.2) is 0 Å². The maximum atomic E-state index is 12.1. The maximum Gasteiger partial charge on any atom is 0.387 e. The van der Waals surface area contributed by atoms with Gasteiger partial charge in [0, 0.05) is 25.0 Å². The van der Waals surface area contributed by atoms with E-state index in [9.17, 15) is 8.78 Å². The van der Waals surface area contributed by atoms with Crippen LogP contribution in [0.15, 0.2) is 36.5 Å². The average molecular weight is 253 g/mol. The minimum absolute atomic E-state index is 0.139. The van der Waals surface area contributed by atoms with Gasteiger partial charge >= 0.3 is 6.61 Å². The predicted molar refractivity (Wildman–Crippen MR) is 63.6 cm³/mol. The summed E-state index contributed by atoms with van der Waals surface area (Å²) in [6, 6.07) is 8.34. The molecule has 0 aliphatic heterocycles. The van der Waals surface area contributed by atoms with E-state index in [0.717, 1.165) is 5.69 Å². The molecule has 0 aliphatic carbocycles. The van der Waals surface area contributed by atoms with Crippen molar-refractivity contribution in [1.29, 1.82) is 0 Å². The van der Waals surface area contributed by atoms with Crippen LogP contribution in [0.2, 0.25) is 0 Å². The summed E-state index contributed by atoms with van der Waals surface area (Å²) in [6.45, 7) is -2.24. The van der Waals surface area contributed by atoms with E-state index in [4.69, 9.17) is 0 Å². The van der Waals surface area contributed by atoms with Crippen molar-refractivity contribution in [3.63, 3.8) is 0 Å². The average Bonchev–Trinajstić information content (AvgIpc) is 2.72. The van der Waals surface area contributed by atoms with Gasteiger partial charge in [0.25, 0.3) is 0 Å². The number of anilines is 1. The van der Waals surface area contributed by atoms with Crippen molar-refractivity contribution in [2.24, 2.45) is 7.05 Å². The molecule has 0 fully saturated rings. The number of rotatable bonds is 5. The van der Waals surface area contributed by atoms with Gasteiger partial charge in [0.1, 0.15) is 5.75 Å². The molecule has 1 heterocycles. The summed E-state index contributed by atoms with van der Waals surface area (Å²) in [7, 11) is 1.84. The standard InChI is InChI=1S/C12H13F2N3O/c1-17-10(5-6-16-17)8-15-9-3-2-4-11(7-9)18-12(13)14/h2-7,12,15H,8H2,1H3. The Morgan fingerprint density at radius 1 is 1.39 bits per heavy atom. The van der Waals surface area contributed by atoms with Crippen molar-refractivity contribution < 1.29 is 13.5 Å². The van der Waals surface area contributed by atoms with E-state index in [1.54, 1.807) is 23.0 Å². The van der Waals surface area contributed by atoms with Crippen LogP contribution >= 0.6 is 0 Å². The van der Waals surface area contributed by atoms with Gasteiger partial charge in [-0.2, -0.15) is 13.9 Å². The molecule has 2 aromatic rings. The quantitative estimate of drug-likeness (QED) is 0.890. The second-order valence-corrected chi connectivity index (χ2v) is 3.71. The largest absolute Gasteiger partial charge is 0.435 e. The molecule has 4 nitrogen and oxygen atoms in total. The molecule has 0 saturated heterocycles. The Morgan fingerprint density at radius 3 is 2.89 bits per heavy atom. The molecule has 1 aromatic heterocycles. The highest BCUT2D eigenvalue weighted by Gasteiger charge is 2.05. The van der Waals surface area contributed by atoms with E-state index >= 15 is 0 Å². The van der Waals surface area contributed by atoms with Crippen molar-refractivity contribution in [1.82, 2.24) is 9.78 Å². The van der Waals surface area contributed by atoms with Gasteiger partial charge in [-0.1, -0.05) is 6.07 Å². The highest BCUT2D eigenvalue weighted by Crippen LogP contribution is 2.19. The number of aromatic nitrogens is 2. The summed E-state index contributed by atoms with van der Waals surface area (Å²) in [4.78, 5) is 0. The second-order valence-electron chi connectivity index (χ2n) is 3.71. The van der Waals surface area contributed by atoms with Crippen molar-refractivity contribution in [2.75, 3.05) is 5.32 Å². The lowest BCUT2D eigenvalue weighted by Gasteiger charge is -2.09. The molecule has 0 amide bonds. The van der Waals surface area contributed by atoms with Crippen LogP contribution in [0.5, 0.6) is 5.75 Å². The van der Waals surface area contributed by atoms with E-state index in [1.165, 1.54) is 12.1 Å². The van der Waals surface area contributed by atoms with Crippen LogP contribution in [0.1, 0.15) is 5.69 Å². The fourth-order valence-electron chi connectivity index (χ4n) is 1.55. The van der Waals surface area contributed by atoms with E-state index in [-0.39, 0.29) is 5.75 Å². The molecule has 0 atom stereocenters. The topological polar surface area (TPSA) is 39.1 Å². The first-order valence-corrected chi connectivity index (χ1v) is 5.41. The van der Waals surface area contributed by atoms with Gasteiger partial charge in [0.2, 0.25) is 0 Å². The summed E-state index contributed by atoms with van der Waals surface area (Å²) in [5.74, 6) is 0.139. The zero-order chi connectivity index (χ0) is 13.0. The van der Waals surface area contributed by atoms with Crippen molar-refractivity contribution in [2.45, 2.75) is 13.2 Å². The number of aryl methyl sites for hydroxylation is 1. The van der Waals surface area contributed by atoms with Crippen LogP contribution in [0, 0.1) is 0 Å². The van der Waals surface area contributed by atoms with Crippen LogP contribution in [-0.2, 0) is 13.6 Å². The molecule has 0 radical (unpaired) electrons. The molecule has 6 heteroatoms. The first kappa shape index (κ1) is 12.3. The van der Waals surface area contributed by atoms with Crippen LogP contribution in [0.4, 0.5) is 14.5 Å². The fraction of sp³-hybridized carbons (Fsp3) is 0.250. The number of nitrogens with one attached hydrogen (secondary N) is 1. The van der Waals surface area contributed by atoms with Crippen LogP contribution in [0.25, 0.3) is 0 Å². The SMILES string of the molecule is Cn1nccc1CNc1cccc(OC(F)F)c1. The highest BCUT2D eigenvalue weighted by atomic mass is 19.3. The number of nitrogens with zero attached hydrogens (tertiary/aromatic N) is 2. The lowest BCUT2D eigenvalue weighted by molar-refractivity contribution is -0.0498. The highest BCUT2D eigenvalue weighted by molar-refractivity contribution is 5.48. The van der Waals surface area contributed by atoms with E-state index in [1.807, 2.05) is 13.1 Å². The van der Waals surface area contributed by atoms with Crippen molar-refractivity contribution in [3.8, 4) is 5.75 Å². The lowest BCUT2D eigenvalue weighted by atomic mass is 10.3. The minimum atomic E-state index is -2.81. The van der Waals surface area contributed by atoms with Gasteiger partial charge < -0.3 is 10.1 Å². The lowest BCUT2D eigenvalue weighted by Crippen LogP contribution is -2.06. The minimum Gasteiger partial charge on any atom is -0.435 e. The number of hydrogen-bond acceptors (Lipinski definition) is 3. The van der Waals surface area contributed by atoms with Gasteiger partial charge in [0.15, 0.2) is 0 Å². The van der Waals surface area contributed by atoms with E-state index in [0.29, 0.717) is 12.2 Å². The third-order valence-corrected chi connectivity index (χ3v) is 2.46. The summed E-state index contributed by atoms with van der Waals surface area (Å²) >= 11 is 0. The summed E-state index contributed by atoms with van der Waals surface area (Å²) < 4.78 is 30.2. The van der Waals surface area contributed by atoms with E-state index < -0.39 is 6.61 Å². The van der Waals surface area contributed by atoms with Crippen LogP contribution in [-0.4, -0.2) is 16.4 Å². The Kier molecular flexibility index (Phi) is 3.76. The van der Waals surface area contributed by atoms with E-state index in [2.05, 4.69) is 15.2 Å². The number of alkyl halides is 2. The van der Waals surface area contributed by atoms with Crippen molar-refractivity contribution >= 4 is 5.69 Å². The van der Waals surface area contributed by atoms with Gasteiger partial charge in [0.05, 0.1) is 12.2 Å². The smallest absolute Gasteiger partial charge is 0.387 e. The molecule has 0 unspecified atom stereocenters. The maximum absolute atomic E-state index is 12.1. The first-order chi connectivity index (χ1) is 8.65. The zero-order valence-corrected chi connectivity index (χ0v) is 9.81. The Morgan fingerprint density at radius 2 is 2.22 bits per heavy atom. The monoisotopic (exact) mass is 253 g/mol. The summed E-state index contributed by atoms with van der Waals surface area (Å²) in [5, 5.41) is 7.15. The Labute approximate surface area is 103 Å². The molecular formula is C12H13F2N3O. The third kappa shape index (κ3) is 3.19. The van der Waals surface area contributed by atoms with Crippen molar-refractivity contribution in [3.05, 3.63) is 42.2 Å². The fourth-order valence-corrected chi connectivity index (χ4v) is 1.55. The first-order valence-electron chi connectivity index (χ1n) is 5.41. The van der Waals surface area contributed by atoms with Crippen LogP contribution < -0.4 is 10.1 Å². The zero-order valence-electron chi connectivity index (χ0n) is 9.81. The molecule has 0 bridgehead atoms. The Balaban J connectivity index is 1.99. The molecule has 18 heavy (non-hydrogen) atoms. The second kappa shape index (κ2) is 5.48. The molecule has 1 aromatic carbocycles. The Bertz CT molecular complexity index is 514. The number of hydrogen-bond donors (Lipinski definition) is 1. The molecule has 0 spiro atoms. The normalized spacial score (nSPS) is 10.7. The number of benzene rings is 1. The molecule has 1 N–H and O–H groups in total. The molecule has 96 valence electrons. The molecular weight excluding hydrogens is 240 g/mol. The molecule has 0 saturated carbocycles. The van der Waals surface area contributed by atoms with Crippen LogP contribution in [0.3, 0.4) is 0 Å².